The number of hydrogen-bond acceptors (Lipinski definition) is 3. The normalized spacial score (nSPS) is 21.3. The molecule has 4 rings (SSSR count). The predicted molar refractivity (Wildman–Crippen MR) is 120 cm³/mol. The molecule has 162 valence electrons. The summed E-state index contributed by atoms with van der Waals surface area (Å²) in [6, 6.07) is 17.1. The Morgan fingerprint density at radius 3 is 2.71 bits per heavy atom. The van der Waals surface area contributed by atoms with Gasteiger partial charge in [0, 0.05) is 37.3 Å². The van der Waals surface area contributed by atoms with Gasteiger partial charge < -0.3 is 15.5 Å². The Morgan fingerprint density at radius 1 is 1.16 bits per heavy atom. The summed E-state index contributed by atoms with van der Waals surface area (Å²) in [7, 11) is 0. The summed E-state index contributed by atoms with van der Waals surface area (Å²) in [5, 5.41) is 5.91. The van der Waals surface area contributed by atoms with Crippen LogP contribution in [0.25, 0.3) is 0 Å². The van der Waals surface area contributed by atoms with E-state index < -0.39 is 12.2 Å². The van der Waals surface area contributed by atoms with Crippen molar-refractivity contribution in [3.63, 3.8) is 0 Å². The molecule has 0 aliphatic carbocycles. The fraction of sp³-hybridized carbons (Fsp3) is 0.360. The molecule has 3 atom stereocenters. The van der Waals surface area contributed by atoms with Crippen LogP contribution in [0.15, 0.2) is 66.7 Å². The zero-order valence-electron chi connectivity index (χ0n) is 17.5. The number of carbonyl (C=O) groups excluding carboxylic acids is 2. The lowest BCUT2D eigenvalue weighted by Crippen LogP contribution is -2.44. The molecule has 0 spiro atoms. The standard InChI is InChI=1S/C25H28FN3O2/c26-20-16-22(27-17-20)25(31)28-21(11-10-18-6-2-1-3-7-18)12-13-24(30)29-15-14-19-8-4-5-9-23(19)29/h1-9,12-13,20-22,27H,10-11,14-17H2,(H,28,31)/t20-,21-,22-/m0/s1. The quantitative estimate of drug-likeness (QED) is 0.676. The van der Waals surface area contributed by atoms with E-state index in [1.165, 1.54) is 5.56 Å². The number of rotatable bonds is 7. The molecule has 5 nitrogen and oxygen atoms in total. The van der Waals surface area contributed by atoms with Crippen LogP contribution < -0.4 is 15.5 Å². The van der Waals surface area contributed by atoms with Crippen LogP contribution in [0, 0.1) is 0 Å². The molecule has 0 bridgehead atoms. The van der Waals surface area contributed by atoms with Crippen LogP contribution >= 0.6 is 0 Å². The third-order valence-electron chi connectivity index (χ3n) is 5.93. The van der Waals surface area contributed by atoms with Gasteiger partial charge in [0.1, 0.15) is 6.17 Å². The molecule has 2 amide bonds. The number of amides is 2. The predicted octanol–water partition coefficient (Wildman–Crippen LogP) is 2.95. The highest BCUT2D eigenvalue weighted by atomic mass is 19.1. The zero-order chi connectivity index (χ0) is 21.6. The summed E-state index contributed by atoms with van der Waals surface area (Å²) in [4.78, 5) is 27.2. The van der Waals surface area contributed by atoms with Gasteiger partial charge in [0.25, 0.3) is 5.91 Å². The number of hydrogen-bond donors (Lipinski definition) is 2. The number of anilines is 1. The summed E-state index contributed by atoms with van der Waals surface area (Å²) < 4.78 is 13.5. The Hall–Kier alpha value is -2.99. The average Bonchev–Trinajstić information content (AvgIpc) is 3.42. The van der Waals surface area contributed by atoms with E-state index in [0.29, 0.717) is 13.0 Å². The maximum absolute atomic E-state index is 13.5. The van der Waals surface area contributed by atoms with Gasteiger partial charge in [-0.2, -0.15) is 0 Å². The van der Waals surface area contributed by atoms with Crippen molar-refractivity contribution in [3.05, 3.63) is 77.9 Å². The minimum atomic E-state index is -0.995. The lowest BCUT2D eigenvalue weighted by molar-refractivity contribution is -0.123. The van der Waals surface area contributed by atoms with Crippen molar-refractivity contribution < 1.29 is 14.0 Å². The van der Waals surface area contributed by atoms with E-state index in [4.69, 9.17) is 0 Å². The van der Waals surface area contributed by atoms with Crippen molar-refractivity contribution in [1.29, 1.82) is 0 Å². The van der Waals surface area contributed by atoms with Crippen LogP contribution in [0.1, 0.15) is 24.0 Å². The van der Waals surface area contributed by atoms with Gasteiger partial charge in [-0.15, -0.1) is 0 Å². The van der Waals surface area contributed by atoms with Crippen LogP contribution in [-0.2, 0) is 22.4 Å². The largest absolute Gasteiger partial charge is 0.349 e. The van der Waals surface area contributed by atoms with E-state index in [0.717, 1.165) is 24.1 Å². The summed E-state index contributed by atoms with van der Waals surface area (Å²) in [5.41, 5.74) is 3.29. The highest BCUT2D eigenvalue weighted by Gasteiger charge is 2.30. The summed E-state index contributed by atoms with van der Waals surface area (Å²) in [6.45, 7) is 0.864. The van der Waals surface area contributed by atoms with Gasteiger partial charge in [-0.25, -0.2) is 4.39 Å². The molecule has 2 aromatic carbocycles. The van der Waals surface area contributed by atoms with E-state index in [1.807, 2.05) is 54.6 Å². The lowest BCUT2D eigenvalue weighted by Gasteiger charge is -2.19. The van der Waals surface area contributed by atoms with Gasteiger partial charge in [0.2, 0.25) is 5.91 Å². The van der Waals surface area contributed by atoms with Gasteiger partial charge in [0.15, 0.2) is 0 Å². The second-order valence-corrected chi connectivity index (χ2v) is 8.16. The fourth-order valence-electron chi connectivity index (χ4n) is 4.21. The van der Waals surface area contributed by atoms with Crippen molar-refractivity contribution in [2.75, 3.05) is 18.0 Å². The number of nitrogens with one attached hydrogen (secondary N) is 2. The number of para-hydroxylation sites is 1. The molecule has 31 heavy (non-hydrogen) atoms. The summed E-state index contributed by atoms with van der Waals surface area (Å²) >= 11 is 0. The number of benzene rings is 2. The SMILES string of the molecule is O=C(N[C@H](C=CC(=O)N1CCc2ccccc21)CCc1ccccc1)[C@@H]1C[C@H](F)CN1. The molecule has 0 radical (unpaired) electrons. The summed E-state index contributed by atoms with van der Waals surface area (Å²) in [5.74, 6) is -0.312. The molecule has 6 heteroatoms. The minimum absolute atomic E-state index is 0.0910. The Labute approximate surface area is 182 Å². The van der Waals surface area contributed by atoms with Crippen molar-refractivity contribution >= 4 is 17.5 Å². The van der Waals surface area contributed by atoms with Crippen molar-refractivity contribution in [2.24, 2.45) is 0 Å². The Bertz CT molecular complexity index is 947. The first kappa shape index (κ1) is 21.2. The molecule has 2 aromatic rings. The maximum atomic E-state index is 13.5. The first-order chi connectivity index (χ1) is 15.1. The Balaban J connectivity index is 1.42. The maximum Gasteiger partial charge on any atom is 0.250 e. The van der Waals surface area contributed by atoms with Crippen molar-refractivity contribution in [1.82, 2.24) is 10.6 Å². The van der Waals surface area contributed by atoms with Gasteiger partial charge >= 0.3 is 0 Å². The molecule has 2 aliphatic rings. The van der Waals surface area contributed by atoms with Crippen molar-refractivity contribution in [2.45, 2.75) is 43.9 Å². The molecule has 0 aromatic heterocycles. The number of halogens is 1. The van der Waals surface area contributed by atoms with E-state index >= 15 is 0 Å². The number of alkyl halides is 1. The first-order valence-electron chi connectivity index (χ1n) is 10.9. The lowest BCUT2D eigenvalue weighted by atomic mass is 10.0. The number of nitrogens with zero attached hydrogens (tertiary/aromatic N) is 1. The molecule has 2 heterocycles. The van der Waals surface area contributed by atoms with Gasteiger partial charge in [-0.3, -0.25) is 9.59 Å². The van der Waals surface area contributed by atoms with E-state index in [1.54, 1.807) is 17.1 Å². The first-order valence-corrected chi connectivity index (χ1v) is 10.9. The Morgan fingerprint density at radius 2 is 1.94 bits per heavy atom. The monoisotopic (exact) mass is 421 g/mol. The summed E-state index contributed by atoms with van der Waals surface area (Å²) in [6.07, 6.45) is 4.78. The second kappa shape index (κ2) is 9.88. The number of fused-ring (bicyclic) bond motifs is 1. The number of aryl methyl sites for hydroxylation is 1. The highest BCUT2D eigenvalue weighted by molar-refractivity contribution is 6.03. The molecule has 0 saturated carbocycles. The fourth-order valence-corrected chi connectivity index (χ4v) is 4.21. The van der Waals surface area contributed by atoms with E-state index in [2.05, 4.69) is 10.6 Å². The molecule has 2 N–H and O–H groups in total. The van der Waals surface area contributed by atoms with E-state index in [-0.39, 0.29) is 30.8 Å². The van der Waals surface area contributed by atoms with Crippen LogP contribution in [0.2, 0.25) is 0 Å². The molecular weight excluding hydrogens is 393 g/mol. The Kier molecular flexibility index (Phi) is 6.77. The van der Waals surface area contributed by atoms with E-state index in [9.17, 15) is 14.0 Å². The minimum Gasteiger partial charge on any atom is -0.349 e. The van der Waals surface area contributed by atoms with Crippen LogP contribution in [0.4, 0.5) is 10.1 Å². The highest BCUT2D eigenvalue weighted by Crippen LogP contribution is 2.27. The van der Waals surface area contributed by atoms with Gasteiger partial charge in [0.05, 0.1) is 6.04 Å². The topological polar surface area (TPSA) is 61.4 Å². The van der Waals surface area contributed by atoms with Gasteiger partial charge in [-0.05, 0) is 36.5 Å². The third kappa shape index (κ3) is 5.39. The zero-order valence-corrected chi connectivity index (χ0v) is 17.5. The van der Waals surface area contributed by atoms with Crippen LogP contribution in [-0.4, -0.2) is 43.2 Å². The average molecular weight is 422 g/mol. The van der Waals surface area contributed by atoms with Crippen LogP contribution in [0.3, 0.4) is 0 Å². The van der Waals surface area contributed by atoms with Crippen LogP contribution in [0.5, 0.6) is 0 Å². The molecule has 1 fully saturated rings. The van der Waals surface area contributed by atoms with Gasteiger partial charge in [-0.1, -0.05) is 54.6 Å². The smallest absolute Gasteiger partial charge is 0.250 e. The van der Waals surface area contributed by atoms with Crippen molar-refractivity contribution in [3.8, 4) is 0 Å². The second-order valence-electron chi connectivity index (χ2n) is 8.16. The molecule has 0 unspecified atom stereocenters. The third-order valence-corrected chi connectivity index (χ3v) is 5.93. The number of carbonyl (C=O) groups is 2. The molecule has 1 saturated heterocycles. The molecule has 2 aliphatic heterocycles. The molecular formula is C25H28FN3O2.